The molecule has 2 rings (SSSR count). The fraction of sp³-hybridized carbons (Fsp3) is 0.333. The topological polar surface area (TPSA) is 76.7 Å². The van der Waals surface area contributed by atoms with Gasteiger partial charge in [0.25, 0.3) is 0 Å². The van der Waals surface area contributed by atoms with E-state index < -0.39 is 6.10 Å². The summed E-state index contributed by atoms with van der Waals surface area (Å²) in [7, 11) is 1.79. The molecular formula is C9H11N5O. The van der Waals surface area contributed by atoms with Crippen molar-refractivity contribution in [2.45, 2.75) is 12.5 Å². The van der Waals surface area contributed by atoms with Crippen molar-refractivity contribution >= 4 is 0 Å². The van der Waals surface area contributed by atoms with Crippen LogP contribution in [0.2, 0.25) is 0 Å². The molecule has 0 spiro atoms. The Morgan fingerprint density at radius 2 is 2.33 bits per heavy atom. The number of aromatic nitrogens is 5. The molecule has 2 aromatic rings. The molecule has 1 N–H and O–H groups in total. The van der Waals surface area contributed by atoms with Gasteiger partial charge in [0.2, 0.25) is 0 Å². The van der Waals surface area contributed by atoms with Crippen LogP contribution in [0, 0.1) is 0 Å². The molecule has 2 heterocycles. The maximum absolute atomic E-state index is 9.87. The maximum atomic E-state index is 9.87. The highest BCUT2D eigenvalue weighted by molar-refractivity contribution is 5.10. The van der Waals surface area contributed by atoms with Gasteiger partial charge in [0.15, 0.2) is 0 Å². The van der Waals surface area contributed by atoms with E-state index in [0.717, 1.165) is 11.4 Å². The van der Waals surface area contributed by atoms with Crippen LogP contribution < -0.4 is 0 Å². The van der Waals surface area contributed by atoms with E-state index in [1.165, 1.54) is 6.33 Å². The Labute approximate surface area is 86.6 Å². The van der Waals surface area contributed by atoms with Crippen LogP contribution in [0.3, 0.4) is 0 Å². The van der Waals surface area contributed by atoms with Crippen LogP contribution in [0.1, 0.15) is 17.5 Å². The van der Waals surface area contributed by atoms with Gasteiger partial charge in [-0.2, -0.15) is 15.3 Å². The van der Waals surface area contributed by atoms with Crippen LogP contribution in [-0.2, 0) is 13.5 Å². The van der Waals surface area contributed by atoms with Crippen LogP contribution in [0.15, 0.2) is 24.8 Å². The molecule has 6 nitrogen and oxygen atoms in total. The molecule has 6 heteroatoms. The number of hydrogen-bond acceptors (Lipinski definition) is 5. The van der Waals surface area contributed by atoms with Crippen molar-refractivity contribution in [3.63, 3.8) is 0 Å². The standard InChI is InChI=1S/C9H11N5O/c1-14-9(10-6-13-14)4-8(15)7-2-3-11-12-5-7/h2-3,5-6,8,15H,4H2,1H3. The molecule has 0 amide bonds. The average Bonchev–Trinajstić information content (AvgIpc) is 2.66. The van der Waals surface area contributed by atoms with Gasteiger partial charge < -0.3 is 5.11 Å². The van der Waals surface area contributed by atoms with E-state index in [0.29, 0.717) is 6.42 Å². The summed E-state index contributed by atoms with van der Waals surface area (Å²) >= 11 is 0. The summed E-state index contributed by atoms with van der Waals surface area (Å²) in [6.45, 7) is 0. The van der Waals surface area contributed by atoms with Crippen molar-refractivity contribution in [1.29, 1.82) is 0 Å². The first-order valence-electron chi connectivity index (χ1n) is 4.55. The van der Waals surface area contributed by atoms with Crippen molar-refractivity contribution in [3.8, 4) is 0 Å². The number of nitrogens with zero attached hydrogens (tertiary/aromatic N) is 5. The summed E-state index contributed by atoms with van der Waals surface area (Å²) < 4.78 is 1.64. The maximum Gasteiger partial charge on any atom is 0.138 e. The normalized spacial score (nSPS) is 12.7. The number of hydrogen-bond donors (Lipinski definition) is 1. The van der Waals surface area contributed by atoms with E-state index in [-0.39, 0.29) is 0 Å². The van der Waals surface area contributed by atoms with E-state index in [1.807, 2.05) is 0 Å². The summed E-state index contributed by atoms with van der Waals surface area (Å²) in [6, 6.07) is 1.73. The van der Waals surface area contributed by atoms with Gasteiger partial charge in [-0.1, -0.05) is 0 Å². The van der Waals surface area contributed by atoms with Crippen molar-refractivity contribution in [1.82, 2.24) is 25.0 Å². The quantitative estimate of drug-likeness (QED) is 0.756. The van der Waals surface area contributed by atoms with Crippen LogP contribution in [0.5, 0.6) is 0 Å². The molecule has 1 unspecified atom stereocenters. The molecule has 0 aliphatic heterocycles. The molecule has 15 heavy (non-hydrogen) atoms. The van der Waals surface area contributed by atoms with Crippen LogP contribution in [-0.4, -0.2) is 30.1 Å². The van der Waals surface area contributed by atoms with Crippen molar-refractivity contribution in [2.24, 2.45) is 7.05 Å². The predicted molar refractivity (Wildman–Crippen MR) is 51.7 cm³/mol. The summed E-state index contributed by atoms with van der Waals surface area (Å²) in [6.07, 6.45) is 4.36. The number of rotatable bonds is 3. The van der Waals surface area contributed by atoms with Crippen molar-refractivity contribution in [2.75, 3.05) is 0 Å². The SMILES string of the molecule is Cn1ncnc1CC(O)c1ccnnc1. The van der Waals surface area contributed by atoms with Gasteiger partial charge in [-0.3, -0.25) is 4.68 Å². The fourth-order valence-corrected chi connectivity index (χ4v) is 1.29. The van der Waals surface area contributed by atoms with Gasteiger partial charge in [-0.05, 0) is 6.07 Å². The highest BCUT2D eigenvalue weighted by atomic mass is 16.3. The van der Waals surface area contributed by atoms with Gasteiger partial charge in [0, 0.05) is 25.2 Å². The molecule has 78 valence electrons. The van der Waals surface area contributed by atoms with Gasteiger partial charge >= 0.3 is 0 Å². The third-order valence-electron chi connectivity index (χ3n) is 2.17. The van der Waals surface area contributed by atoms with E-state index >= 15 is 0 Å². The molecule has 2 aromatic heterocycles. The first-order valence-corrected chi connectivity index (χ1v) is 4.55. The van der Waals surface area contributed by atoms with E-state index in [9.17, 15) is 5.11 Å². The second-order valence-electron chi connectivity index (χ2n) is 3.20. The highest BCUT2D eigenvalue weighted by Crippen LogP contribution is 2.14. The monoisotopic (exact) mass is 205 g/mol. The molecule has 0 aliphatic rings. The zero-order valence-corrected chi connectivity index (χ0v) is 8.28. The minimum Gasteiger partial charge on any atom is -0.388 e. The summed E-state index contributed by atoms with van der Waals surface area (Å²) in [5.41, 5.74) is 0.730. The third-order valence-corrected chi connectivity index (χ3v) is 2.17. The number of aryl methyl sites for hydroxylation is 1. The molecule has 0 aliphatic carbocycles. The fourth-order valence-electron chi connectivity index (χ4n) is 1.29. The minimum atomic E-state index is -0.622. The summed E-state index contributed by atoms with van der Waals surface area (Å²) in [5, 5.41) is 21.2. The van der Waals surface area contributed by atoms with E-state index in [1.54, 1.807) is 30.2 Å². The molecule has 1 atom stereocenters. The second-order valence-corrected chi connectivity index (χ2v) is 3.20. The van der Waals surface area contributed by atoms with Crippen molar-refractivity contribution < 1.29 is 5.11 Å². The zero-order chi connectivity index (χ0) is 10.7. The lowest BCUT2D eigenvalue weighted by Crippen LogP contribution is -2.08. The molecular weight excluding hydrogens is 194 g/mol. The largest absolute Gasteiger partial charge is 0.388 e. The van der Waals surface area contributed by atoms with E-state index in [2.05, 4.69) is 20.3 Å². The smallest absolute Gasteiger partial charge is 0.138 e. The lowest BCUT2D eigenvalue weighted by Gasteiger charge is -2.08. The molecule has 0 saturated heterocycles. The predicted octanol–water partition coefficient (Wildman–Crippen LogP) is -0.119. The van der Waals surface area contributed by atoms with Crippen LogP contribution in [0.25, 0.3) is 0 Å². The Bertz CT molecular complexity index is 427. The van der Waals surface area contributed by atoms with Gasteiger partial charge in [-0.25, -0.2) is 4.98 Å². The lowest BCUT2D eigenvalue weighted by atomic mass is 10.1. The lowest BCUT2D eigenvalue weighted by molar-refractivity contribution is 0.174. The van der Waals surface area contributed by atoms with E-state index in [4.69, 9.17) is 0 Å². The van der Waals surface area contributed by atoms with Crippen molar-refractivity contribution in [3.05, 3.63) is 36.2 Å². The molecule has 0 saturated carbocycles. The Kier molecular flexibility index (Phi) is 2.68. The number of aliphatic hydroxyl groups excluding tert-OH is 1. The Balaban J connectivity index is 2.11. The molecule has 0 radical (unpaired) electrons. The first-order chi connectivity index (χ1) is 7.27. The molecule has 0 bridgehead atoms. The molecule has 0 aromatic carbocycles. The van der Waals surface area contributed by atoms with Gasteiger partial charge in [0.05, 0.1) is 12.3 Å². The molecule has 0 fully saturated rings. The zero-order valence-electron chi connectivity index (χ0n) is 8.28. The van der Waals surface area contributed by atoms with Gasteiger partial charge in [-0.15, -0.1) is 0 Å². The average molecular weight is 205 g/mol. The second kappa shape index (κ2) is 4.14. The minimum absolute atomic E-state index is 0.419. The number of aliphatic hydroxyl groups is 1. The Morgan fingerprint density at radius 1 is 1.47 bits per heavy atom. The van der Waals surface area contributed by atoms with Gasteiger partial charge in [0.1, 0.15) is 12.2 Å². The van der Waals surface area contributed by atoms with Crippen LogP contribution >= 0.6 is 0 Å². The van der Waals surface area contributed by atoms with Crippen LogP contribution in [0.4, 0.5) is 0 Å². The Hall–Kier alpha value is -1.82. The first kappa shape index (κ1) is 9.72. The summed E-state index contributed by atoms with van der Waals surface area (Å²) in [4.78, 5) is 4.04. The highest BCUT2D eigenvalue weighted by Gasteiger charge is 2.11. The Morgan fingerprint density at radius 3 is 2.93 bits per heavy atom. The third kappa shape index (κ3) is 2.16. The summed E-state index contributed by atoms with van der Waals surface area (Å²) in [5.74, 6) is 0.735.